The summed E-state index contributed by atoms with van der Waals surface area (Å²) in [4.78, 5) is 1.36. The summed E-state index contributed by atoms with van der Waals surface area (Å²) in [5, 5.41) is 5.78. The van der Waals surface area contributed by atoms with Gasteiger partial charge in [0.2, 0.25) is 0 Å². The van der Waals surface area contributed by atoms with E-state index in [9.17, 15) is 0 Å². The first-order chi connectivity index (χ1) is 8.68. The minimum Gasteiger partial charge on any atom is -0.305 e. The Kier molecular flexibility index (Phi) is 4.98. The molecule has 96 valence electrons. The molecule has 1 heterocycles. The zero-order chi connectivity index (χ0) is 13.0. The van der Waals surface area contributed by atoms with Gasteiger partial charge in [0.05, 0.1) is 0 Å². The van der Waals surface area contributed by atoms with E-state index in [1.165, 1.54) is 14.9 Å². The SMILES string of the molecule is CC(C)C(NCc1sccc1Br)c1ccccc1. The van der Waals surface area contributed by atoms with Crippen molar-refractivity contribution < 1.29 is 0 Å². The van der Waals surface area contributed by atoms with Crippen LogP contribution < -0.4 is 5.32 Å². The third kappa shape index (κ3) is 3.44. The van der Waals surface area contributed by atoms with E-state index in [2.05, 4.69) is 76.9 Å². The van der Waals surface area contributed by atoms with Crippen molar-refractivity contribution in [3.05, 3.63) is 56.7 Å². The van der Waals surface area contributed by atoms with Gasteiger partial charge in [-0.3, -0.25) is 0 Å². The molecule has 0 radical (unpaired) electrons. The van der Waals surface area contributed by atoms with Gasteiger partial charge in [-0.15, -0.1) is 11.3 Å². The fraction of sp³-hybridized carbons (Fsp3) is 0.333. The lowest BCUT2D eigenvalue weighted by molar-refractivity contribution is 0.412. The third-order valence-corrected chi connectivity index (χ3v) is 4.93. The summed E-state index contributed by atoms with van der Waals surface area (Å²) in [5.74, 6) is 0.575. The molecule has 1 aromatic carbocycles. The molecule has 0 aliphatic carbocycles. The quantitative estimate of drug-likeness (QED) is 0.816. The lowest BCUT2D eigenvalue weighted by Crippen LogP contribution is -2.25. The van der Waals surface area contributed by atoms with Gasteiger partial charge in [0.25, 0.3) is 0 Å². The minimum atomic E-state index is 0.403. The van der Waals surface area contributed by atoms with Crippen LogP contribution in [-0.4, -0.2) is 0 Å². The lowest BCUT2D eigenvalue weighted by Gasteiger charge is -2.22. The first kappa shape index (κ1) is 13.8. The van der Waals surface area contributed by atoms with E-state index in [1.54, 1.807) is 11.3 Å². The lowest BCUT2D eigenvalue weighted by atomic mass is 9.96. The smallest absolute Gasteiger partial charge is 0.0346 e. The highest BCUT2D eigenvalue weighted by molar-refractivity contribution is 9.10. The van der Waals surface area contributed by atoms with Gasteiger partial charge in [-0.1, -0.05) is 44.2 Å². The van der Waals surface area contributed by atoms with Crippen LogP contribution in [0.1, 0.15) is 30.3 Å². The Morgan fingerprint density at radius 3 is 2.44 bits per heavy atom. The second-order valence-electron chi connectivity index (χ2n) is 4.70. The predicted molar refractivity (Wildman–Crippen MR) is 82.9 cm³/mol. The molecule has 0 aliphatic heterocycles. The van der Waals surface area contributed by atoms with Gasteiger partial charge in [-0.25, -0.2) is 0 Å². The molecule has 1 nitrogen and oxygen atoms in total. The van der Waals surface area contributed by atoms with Crippen LogP contribution in [-0.2, 0) is 6.54 Å². The van der Waals surface area contributed by atoms with E-state index in [0.717, 1.165) is 6.54 Å². The molecular weight excluding hydrogens is 306 g/mol. The van der Waals surface area contributed by atoms with Crippen molar-refractivity contribution in [2.24, 2.45) is 5.92 Å². The van der Waals surface area contributed by atoms with E-state index >= 15 is 0 Å². The predicted octanol–water partition coefficient (Wildman–Crippen LogP) is 5.00. The summed E-state index contributed by atoms with van der Waals surface area (Å²) in [6.45, 7) is 5.43. The molecule has 0 aliphatic rings. The molecule has 2 aromatic rings. The molecule has 0 bridgehead atoms. The summed E-state index contributed by atoms with van der Waals surface area (Å²) in [5.41, 5.74) is 1.36. The zero-order valence-electron chi connectivity index (χ0n) is 10.7. The monoisotopic (exact) mass is 323 g/mol. The average Bonchev–Trinajstić information content (AvgIpc) is 2.76. The summed E-state index contributed by atoms with van der Waals surface area (Å²) in [7, 11) is 0. The molecular formula is C15H18BrNS. The van der Waals surface area contributed by atoms with Crippen LogP contribution in [0.15, 0.2) is 46.3 Å². The number of thiophene rings is 1. The normalized spacial score (nSPS) is 12.9. The van der Waals surface area contributed by atoms with Crippen LogP contribution in [0.4, 0.5) is 0 Å². The highest BCUT2D eigenvalue weighted by Gasteiger charge is 2.15. The van der Waals surface area contributed by atoms with E-state index in [-0.39, 0.29) is 0 Å². The van der Waals surface area contributed by atoms with Crippen molar-refractivity contribution in [2.75, 3.05) is 0 Å². The topological polar surface area (TPSA) is 12.0 Å². The van der Waals surface area contributed by atoms with E-state index < -0.39 is 0 Å². The summed E-state index contributed by atoms with van der Waals surface area (Å²) in [6.07, 6.45) is 0. The van der Waals surface area contributed by atoms with Gasteiger partial charge in [-0.2, -0.15) is 0 Å². The maximum absolute atomic E-state index is 3.66. The number of rotatable bonds is 5. The standard InChI is InChI=1S/C15H18BrNS/c1-11(2)15(12-6-4-3-5-7-12)17-10-14-13(16)8-9-18-14/h3-9,11,15,17H,10H2,1-2H3. The van der Waals surface area contributed by atoms with Gasteiger partial charge in [-0.05, 0) is 38.9 Å². The fourth-order valence-corrected chi connectivity index (χ4v) is 3.50. The molecule has 2 rings (SSSR count). The van der Waals surface area contributed by atoms with Crippen LogP contribution in [0.5, 0.6) is 0 Å². The maximum atomic E-state index is 3.66. The molecule has 1 atom stereocenters. The van der Waals surface area contributed by atoms with Crippen molar-refractivity contribution in [1.29, 1.82) is 0 Å². The highest BCUT2D eigenvalue weighted by atomic mass is 79.9. The number of hydrogen-bond acceptors (Lipinski definition) is 2. The van der Waals surface area contributed by atoms with E-state index in [4.69, 9.17) is 0 Å². The summed E-state index contributed by atoms with van der Waals surface area (Å²) < 4.78 is 1.20. The Bertz CT molecular complexity index is 478. The van der Waals surface area contributed by atoms with Crippen LogP contribution in [0.25, 0.3) is 0 Å². The molecule has 1 unspecified atom stereocenters. The van der Waals surface area contributed by atoms with Crippen LogP contribution in [0.3, 0.4) is 0 Å². The average molecular weight is 324 g/mol. The van der Waals surface area contributed by atoms with Crippen molar-refractivity contribution in [2.45, 2.75) is 26.4 Å². The second-order valence-corrected chi connectivity index (χ2v) is 6.56. The molecule has 0 saturated heterocycles. The van der Waals surface area contributed by atoms with Crippen molar-refractivity contribution in [3.63, 3.8) is 0 Å². The fourth-order valence-electron chi connectivity index (χ4n) is 2.05. The van der Waals surface area contributed by atoms with E-state index in [0.29, 0.717) is 12.0 Å². The number of halogens is 1. The van der Waals surface area contributed by atoms with Crippen molar-refractivity contribution in [3.8, 4) is 0 Å². The first-order valence-corrected chi connectivity index (χ1v) is 7.86. The molecule has 1 N–H and O–H groups in total. The van der Waals surface area contributed by atoms with Gasteiger partial charge in [0.1, 0.15) is 0 Å². The van der Waals surface area contributed by atoms with Crippen molar-refractivity contribution >= 4 is 27.3 Å². The maximum Gasteiger partial charge on any atom is 0.0346 e. The Hall–Kier alpha value is -0.640. The highest BCUT2D eigenvalue weighted by Crippen LogP contribution is 2.26. The number of hydrogen-bond donors (Lipinski definition) is 1. The summed E-state index contributed by atoms with van der Waals surface area (Å²) in [6, 6.07) is 13.2. The molecule has 0 spiro atoms. The Morgan fingerprint density at radius 1 is 1.17 bits per heavy atom. The van der Waals surface area contributed by atoms with Gasteiger partial charge >= 0.3 is 0 Å². The Balaban J connectivity index is 2.06. The Labute approximate surface area is 121 Å². The minimum absolute atomic E-state index is 0.403. The van der Waals surface area contributed by atoms with Gasteiger partial charge in [0, 0.05) is 21.9 Å². The molecule has 1 aromatic heterocycles. The molecule has 3 heteroatoms. The molecule has 0 amide bonds. The van der Waals surface area contributed by atoms with Gasteiger partial charge in [0.15, 0.2) is 0 Å². The third-order valence-electron chi connectivity index (χ3n) is 3.00. The molecule has 0 fully saturated rings. The largest absolute Gasteiger partial charge is 0.305 e. The van der Waals surface area contributed by atoms with Crippen LogP contribution in [0.2, 0.25) is 0 Å². The second kappa shape index (κ2) is 6.50. The molecule has 18 heavy (non-hydrogen) atoms. The zero-order valence-corrected chi connectivity index (χ0v) is 13.1. The van der Waals surface area contributed by atoms with Crippen molar-refractivity contribution in [1.82, 2.24) is 5.32 Å². The molecule has 0 saturated carbocycles. The van der Waals surface area contributed by atoms with E-state index in [1.807, 2.05) is 0 Å². The van der Waals surface area contributed by atoms with Gasteiger partial charge < -0.3 is 5.32 Å². The Morgan fingerprint density at radius 2 is 1.89 bits per heavy atom. The summed E-state index contributed by atoms with van der Waals surface area (Å²) >= 11 is 5.37. The van der Waals surface area contributed by atoms with Crippen LogP contribution in [0, 0.1) is 5.92 Å². The van der Waals surface area contributed by atoms with Crippen LogP contribution >= 0.6 is 27.3 Å². The number of benzene rings is 1. The number of nitrogens with one attached hydrogen (secondary N) is 1. The first-order valence-electron chi connectivity index (χ1n) is 6.18.